The number of hydrogen-bond acceptors (Lipinski definition) is 5. The Hall–Kier alpha value is -4.27. The quantitative estimate of drug-likeness (QED) is 0.421. The number of carbonyl (C=O) groups is 3. The number of aromatic nitrogens is 2. The third-order valence-corrected chi connectivity index (χ3v) is 5.33. The van der Waals surface area contributed by atoms with Crippen molar-refractivity contribution in [3.63, 3.8) is 0 Å². The fourth-order valence-corrected chi connectivity index (χ4v) is 3.29. The van der Waals surface area contributed by atoms with Crippen LogP contribution < -0.4 is 21.5 Å². The summed E-state index contributed by atoms with van der Waals surface area (Å²) in [7, 11) is 0. The van der Waals surface area contributed by atoms with Gasteiger partial charge in [0.2, 0.25) is 11.8 Å². The van der Waals surface area contributed by atoms with Crippen molar-refractivity contribution in [2.75, 3.05) is 18.4 Å². The van der Waals surface area contributed by atoms with Crippen molar-refractivity contribution >= 4 is 23.4 Å². The third-order valence-electron chi connectivity index (χ3n) is 5.33. The van der Waals surface area contributed by atoms with Gasteiger partial charge in [-0.1, -0.05) is 30.3 Å². The highest BCUT2D eigenvalue weighted by Crippen LogP contribution is 2.30. The second-order valence-electron chi connectivity index (χ2n) is 8.03. The first-order valence-electron chi connectivity index (χ1n) is 11.1. The van der Waals surface area contributed by atoms with Gasteiger partial charge in [0, 0.05) is 41.9 Å². The van der Waals surface area contributed by atoms with Gasteiger partial charge in [-0.25, -0.2) is 4.68 Å². The molecule has 3 N–H and O–H groups in total. The second-order valence-corrected chi connectivity index (χ2v) is 8.03. The number of hydrogen-bond donors (Lipinski definition) is 3. The Kier molecular flexibility index (Phi) is 7.12. The first-order valence-corrected chi connectivity index (χ1v) is 11.1. The van der Waals surface area contributed by atoms with Crippen LogP contribution in [0.4, 0.5) is 5.69 Å². The molecule has 174 valence electrons. The lowest BCUT2D eigenvalue weighted by Crippen LogP contribution is -2.38. The van der Waals surface area contributed by atoms with E-state index in [-0.39, 0.29) is 48.8 Å². The minimum absolute atomic E-state index is 0.0113. The minimum atomic E-state index is -0.384. The van der Waals surface area contributed by atoms with Crippen LogP contribution in [0.2, 0.25) is 0 Å². The number of rotatable bonds is 9. The fourth-order valence-electron chi connectivity index (χ4n) is 3.29. The van der Waals surface area contributed by atoms with E-state index in [0.29, 0.717) is 16.9 Å². The maximum absolute atomic E-state index is 12.3. The van der Waals surface area contributed by atoms with Crippen molar-refractivity contribution in [1.82, 2.24) is 20.4 Å². The van der Waals surface area contributed by atoms with E-state index in [1.165, 1.54) is 6.07 Å². The van der Waals surface area contributed by atoms with Gasteiger partial charge in [0.05, 0.1) is 5.69 Å². The predicted molar refractivity (Wildman–Crippen MR) is 127 cm³/mol. The van der Waals surface area contributed by atoms with Crippen LogP contribution in [0.25, 0.3) is 11.3 Å². The monoisotopic (exact) mass is 459 g/mol. The van der Waals surface area contributed by atoms with Gasteiger partial charge < -0.3 is 16.0 Å². The highest BCUT2D eigenvalue weighted by Gasteiger charge is 2.29. The van der Waals surface area contributed by atoms with Crippen LogP contribution in [-0.2, 0) is 16.1 Å². The molecule has 3 aromatic rings. The molecule has 0 aliphatic heterocycles. The molecule has 0 spiro atoms. The molecule has 0 bridgehead atoms. The average Bonchev–Trinajstić information content (AvgIpc) is 3.70. The zero-order valence-corrected chi connectivity index (χ0v) is 18.5. The van der Waals surface area contributed by atoms with Crippen molar-refractivity contribution in [3.8, 4) is 11.3 Å². The molecule has 9 nitrogen and oxygen atoms in total. The second kappa shape index (κ2) is 10.6. The number of benzene rings is 2. The van der Waals surface area contributed by atoms with E-state index in [9.17, 15) is 19.2 Å². The van der Waals surface area contributed by atoms with Gasteiger partial charge in [-0.15, -0.1) is 0 Å². The molecule has 0 atom stereocenters. The van der Waals surface area contributed by atoms with Gasteiger partial charge in [-0.2, -0.15) is 5.10 Å². The Labute approximate surface area is 196 Å². The Morgan fingerprint density at radius 3 is 2.29 bits per heavy atom. The Bertz CT molecular complexity index is 1230. The molecule has 1 saturated carbocycles. The van der Waals surface area contributed by atoms with Gasteiger partial charge >= 0.3 is 0 Å². The van der Waals surface area contributed by atoms with Crippen molar-refractivity contribution < 1.29 is 14.4 Å². The van der Waals surface area contributed by atoms with Gasteiger partial charge in [0.15, 0.2) is 0 Å². The number of amides is 3. The molecule has 9 heteroatoms. The van der Waals surface area contributed by atoms with Crippen LogP contribution in [0.5, 0.6) is 0 Å². The average molecular weight is 460 g/mol. The molecule has 1 aliphatic rings. The number of carbonyl (C=O) groups excluding carboxylic acids is 3. The maximum Gasteiger partial charge on any atom is 0.267 e. The van der Waals surface area contributed by atoms with E-state index >= 15 is 0 Å². The summed E-state index contributed by atoms with van der Waals surface area (Å²) in [4.78, 5) is 48.4. The van der Waals surface area contributed by atoms with E-state index in [4.69, 9.17) is 0 Å². The number of nitrogens with one attached hydrogen (secondary N) is 3. The Balaban J connectivity index is 1.22. The molecule has 0 radical (unpaired) electrons. The largest absolute Gasteiger partial charge is 0.353 e. The lowest BCUT2D eigenvalue weighted by molar-refractivity contribution is -0.122. The summed E-state index contributed by atoms with van der Waals surface area (Å²) in [6.45, 7) is 0.200. The van der Waals surface area contributed by atoms with Crippen molar-refractivity contribution in [1.29, 1.82) is 0 Å². The van der Waals surface area contributed by atoms with Crippen LogP contribution in [0.1, 0.15) is 23.2 Å². The van der Waals surface area contributed by atoms with Crippen LogP contribution >= 0.6 is 0 Å². The number of anilines is 1. The van der Waals surface area contributed by atoms with Crippen LogP contribution in [0, 0.1) is 5.92 Å². The molecule has 1 aromatic heterocycles. The maximum atomic E-state index is 12.3. The number of nitrogens with zero attached hydrogens (tertiary/aromatic N) is 2. The summed E-state index contributed by atoms with van der Waals surface area (Å²) in [6, 6.07) is 19.0. The van der Waals surface area contributed by atoms with Crippen LogP contribution in [-0.4, -0.2) is 40.6 Å². The lowest BCUT2D eigenvalue weighted by atomic mass is 10.1. The van der Waals surface area contributed by atoms with Crippen LogP contribution in [0.3, 0.4) is 0 Å². The molecule has 4 rings (SSSR count). The van der Waals surface area contributed by atoms with E-state index < -0.39 is 0 Å². The molecule has 1 aliphatic carbocycles. The lowest BCUT2D eigenvalue weighted by Gasteiger charge is -2.10. The minimum Gasteiger partial charge on any atom is -0.353 e. The van der Waals surface area contributed by atoms with Crippen LogP contribution in [0.15, 0.2) is 71.5 Å². The zero-order valence-electron chi connectivity index (χ0n) is 18.5. The summed E-state index contributed by atoms with van der Waals surface area (Å²) in [5.41, 5.74) is 2.17. The molecule has 1 fully saturated rings. The van der Waals surface area contributed by atoms with E-state index in [2.05, 4.69) is 21.0 Å². The van der Waals surface area contributed by atoms with Crippen molar-refractivity contribution in [2.45, 2.75) is 19.4 Å². The summed E-state index contributed by atoms with van der Waals surface area (Å²) in [5, 5.41) is 12.5. The van der Waals surface area contributed by atoms with Crippen molar-refractivity contribution in [2.24, 2.45) is 5.92 Å². The molecule has 34 heavy (non-hydrogen) atoms. The summed E-state index contributed by atoms with van der Waals surface area (Å²) in [6.07, 6.45) is 1.85. The highest BCUT2D eigenvalue weighted by molar-refractivity contribution is 5.96. The molecule has 3 amide bonds. The Morgan fingerprint density at radius 1 is 0.882 bits per heavy atom. The zero-order chi connectivity index (χ0) is 23.9. The van der Waals surface area contributed by atoms with E-state index in [0.717, 1.165) is 23.1 Å². The molecular formula is C25H25N5O4. The van der Waals surface area contributed by atoms with Gasteiger partial charge in [-0.05, 0) is 43.2 Å². The summed E-state index contributed by atoms with van der Waals surface area (Å²) in [5.74, 6) is -0.551. The van der Waals surface area contributed by atoms with Gasteiger partial charge in [0.1, 0.15) is 6.54 Å². The predicted octanol–water partition coefficient (Wildman–Crippen LogP) is 1.80. The van der Waals surface area contributed by atoms with Crippen molar-refractivity contribution in [3.05, 3.63) is 82.6 Å². The highest BCUT2D eigenvalue weighted by atomic mass is 16.2. The molecule has 1 heterocycles. The fraction of sp³-hybridized carbons (Fsp3) is 0.240. The summed E-state index contributed by atoms with van der Waals surface area (Å²) < 4.78 is 1.11. The summed E-state index contributed by atoms with van der Waals surface area (Å²) >= 11 is 0. The molecular weight excluding hydrogens is 434 g/mol. The normalized spacial score (nSPS) is 12.6. The smallest absolute Gasteiger partial charge is 0.267 e. The SMILES string of the molecule is O=C(Cn1nc(-c2ccccc2)ccc1=O)NCCNC(=O)c1ccc(NC(=O)C2CC2)cc1. The molecule has 0 unspecified atom stereocenters. The first kappa shape index (κ1) is 22.9. The molecule has 0 saturated heterocycles. The topological polar surface area (TPSA) is 122 Å². The standard InChI is InChI=1S/C25H25N5O4/c31-22(16-30-23(32)13-12-21(29-30)17-4-2-1-3-5-17)26-14-15-27-24(33)18-8-10-20(11-9-18)28-25(34)19-6-7-19/h1-5,8-13,19H,6-7,14-16H2,(H,26,31)(H,27,33)(H,28,34). The first-order chi connectivity index (χ1) is 16.5. The van der Waals surface area contributed by atoms with E-state index in [1.54, 1.807) is 30.3 Å². The van der Waals surface area contributed by atoms with E-state index in [1.807, 2.05) is 30.3 Å². The van der Waals surface area contributed by atoms with Gasteiger partial charge in [-0.3, -0.25) is 19.2 Å². The third kappa shape index (κ3) is 6.16. The van der Waals surface area contributed by atoms with Gasteiger partial charge in [0.25, 0.3) is 11.5 Å². The molecule has 2 aromatic carbocycles. The Morgan fingerprint density at radius 2 is 1.59 bits per heavy atom.